The highest BCUT2D eigenvalue weighted by Crippen LogP contribution is 2.23. The lowest BCUT2D eigenvalue weighted by atomic mass is 10.1. The summed E-state index contributed by atoms with van der Waals surface area (Å²) in [6.45, 7) is 3.44. The van der Waals surface area contributed by atoms with E-state index in [1.54, 1.807) is 0 Å². The molecule has 0 saturated carbocycles. The van der Waals surface area contributed by atoms with Crippen LogP contribution in [-0.2, 0) is 16.0 Å². The van der Waals surface area contributed by atoms with Crippen LogP contribution < -0.4 is 14.2 Å². The molecule has 3 rings (SSSR count). The molecule has 1 atom stereocenters. The lowest BCUT2D eigenvalue weighted by Crippen LogP contribution is -2.26. The van der Waals surface area contributed by atoms with E-state index in [4.69, 9.17) is 18.9 Å². The van der Waals surface area contributed by atoms with Crippen molar-refractivity contribution in [2.45, 2.75) is 32.3 Å². The standard InChI is InChI=1S/C27H30O6/c1-2-17-32-26(27(28)29)20-21-9-11-22(12-10-21)30-18-6-19-31-23-13-15-25(16-14-23)33-24-7-4-3-5-8-24/h3-5,7-16,26H,2,6,17-20H2,1H3,(H,28,29)/t26-/m0/s1. The van der Waals surface area contributed by atoms with E-state index < -0.39 is 12.1 Å². The first-order valence-electron chi connectivity index (χ1n) is 11.2. The van der Waals surface area contributed by atoms with Gasteiger partial charge in [-0.2, -0.15) is 0 Å². The van der Waals surface area contributed by atoms with Gasteiger partial charge in [-0.15, -0.1) is 0 Å². The third-order valence-corrected chi connectivity index (χ3v) is 4.77. The maximum Gasteiger partial charge on any atom is 0.333 e. The predicted molar refractivity (Wildman–Crippen MR) is 126 cm³/mol. The first-order valence-corrected chi connectivity index (χ1v) is 11.2. The summed E-state index contributed by atoms with van der Waals surface area (Å²) < 4.78 is 22.7. The molecule has 0 bridgehead atoms. The van der Waals surface area contributed by atoms with Crippen LogP contribution in [0.1, 0.15) is 25.3 Å². The number of hydrogen-bond acceptors (Lipinski definition) is 5. The van der Waals surface area contributed by atoms with E-state index >= 15 is 0 Å². The Kier molecular flexibility index (Phi) is 9.61. The van der Waals surface area contributed by atoms with Gasteiger partial charge in [-0.3, -0.25) is 0 Å². The molecular formula is C27H30O6. The van der Waals surface area contributed by atoms with E-state index in [0.29, 0.717) is 26.2 Å². The lowest BCUT2D eigenvalue weighted by molar-refractivity contribution is -0.150. The molecule has 33 heavy (non-hydrogen) atoms. The van der Waals surface area contributed by atoms with Crippen LogP contribution in [0.2, 0.25) is 0 Å². The van der Waals surface area contributed by atoms with Crippen LogP contribution >= 0.6 is 0 Å². The van der Waals surface area contributed by atoms with Gasteiger partial charge >= 0.3 is 5.97 Å². The Morgan fingerprint density at radius 3 is 1.88 bits per heavy atom. The third-order valence-electron chi connectivity index (χ3n) is 4.77. The highest BCUT2D eigenvalue weighted by molar-refractivity contribution is 5.72. The Morgan fingerprint density at radius 2 is 1.30 bits per heavy atom. The average Bonchev–Trinajstić information content (AvgIpc) is 2.84. The van der Waals surface area contributed by atoms with Crippen LogP contribution in [0.15, 0.2) is 78.9 Å². The second-order valence-electron chi connectivity index (χ2n) is 7.48. The number of benzene rings is 3. The fourth-order valence-electron chi connectivity index (χ4n) is 3.08. The van der Waals surface area contributed by atoms with Gasteiger partial charge in [-0.1, -0.05) is 37.3 Å². The Hall–Kier alpha value is -3.51. The van der Waals surface area contributed by atoms with E-state index in [-0.39, 0.29) is 0 Å². The topological polar surface area (TPSA) is 74.2 Å². The minimum atomic E-state index is -0.942. The van der Waals surface area contributed by atoms with Crippen molar-refractivity contribution in [3.05, 3.63) is 84.4 Å². The molecule has 3 aromatic carbocycles. The second kappa shape index (κ2) is 13.1. The molecule has 6 heteroatoms. The second-order valence-corrected chi connectivity index (χ2v) is 7.48. The molecule has 174 valence electrons. The summed E-state index contributed by atoms with van der Waals surface area (Å²) in [5.74, 6) is 2.12. The summed E-state index contributed by atoms with van der Waals surface area (Å²) in [6.07, 6.45) is 1.02. The number of aliphatic carboxylic acids is 1. The molecule has 0 aliphatic carbocycles. The SMILES string of the molecule is CCCO[C@@H](Cc1ccc(OCCCOc2ccc(Oc3ccccc3)cc2)cc1)C(=O)O. The van der Waals surface area contributed by atoms with Gasteiger partial charge in [-0.05, 0) is 60.5 Å². The fraction of sp³-hybridized carbons (Fsp3) is 0.296. The Morgan fingerprint density at radius 1 is 0.758 bits per heavy atom. The molecule has 0 radical (unpaired) electrons. The first-order chi connectivity index (χ1) is 16.1. The van der Waals surface area contributed by atoms with Crippen LogP contribution in [-0.4, -0.2) is 37.0 Å². The van der Waals surface area contributed by atoms with Crippen molar-refractivity contribution >= 4 is 5.97 Å². The Labute approximate surface area is 194 Å². The molecule has 3 aromatic rings. The van der Waals surface area contributed by atoms with Crippen molar-refractivity contribution < 1.29 is 28.8 Å². The van der Waals surface area contributed by atoms with Gasteiger partial charge < -0.3 is 24.1 Å². The molecule has 1 N–H and O–H groups in total. The van der Waals surface area contributed by atoms with Gasteiger partial charge in [0.25, 0.3) is 0 Å². The number of carboxylic acid groups (broad SMARTS) is 1. The molecular weight excluding hydrogens is 420 g/mol. The van der Waals surface area contributed by atoms with E-state index in [0.717, 1.165) is 41.4 Å². The predicted octanol–water partition coefficient (Wildman–Crippen LogP) is 5.75. The highest BCUT2D eigenvalue weighted by Gasteiger charge is 2.18. The quantitative estimate of drug-likeness (QED) is 0.315. The van der Waals surface area contributed by atoms with E-state index in [2.05, 4.69) is 0 Å². The van der Waals surface area contributed by atoms with Crippen molar-refractivity contribution in [2.24, 2.45) is 0 Å². The van der Waals surface area contributed by atoms with Crippen molar-refractivity contribution in [3.8, 4) is 23.0 Å². The van der Waals surface area contributed by atoms with E-state index in [9.17, 15) is 9.90 Å². The minimum Gasteiger partial charge on any atom is -0.493 e. The van der Waals surface area contributed by atoms with Crippen LogP contribution in [0, 0.1) is 0 Å². The van der Waals surface area contributed by atoms with Crippen molar-refractivity contribution in [3.63, 3.8) is 0 Å². The van der Waals surface area contributed by atoms with Gasteiger partial charge in [0.15, 0.2) is 6.10 Å². The average molecular weight is 451 g/mol. The Bertz CT molecular complexity index is 954. The van der Waals surface area contributed by atoms with Crippen molar-refractivity contribution in [1.82, 2.24) is 0 Å². The molecule has 0 aliphatic rings. The summed E-state index contributed by atoms with van der Waals surface area (Å²) in [5.41, 5.74) is 0.897. The van der Waals surface area contributed by atoms with E-state index in [1.807, 2.05) is 85.8 Å². The molecule has 0 amide bonds. The summed E-state index contributed by atoms with van der Waals surface area (Å²) in [6, 6.07) is 24.6. The number of rotatable bonds is 14. The van der Waals surface area contributed by atoms with Crippen molar-refractivity contribution in [1.29, 1.82) is 0 Å². The van der Waals surface area contributed by atoms with Gasteiger partial charge in [0.1, 0.15) is 23.0 Å². The first kappa shape index (κ1) is 24.1. The molecule has 0 spiro atoms. The number of carbonyl (C=O) groups is 1. The number of hydrogen-bond donors (Lipinski definition) is 1. The monoisotopic (exact) mass is 450 g/mol. The number of para-hydroxylation sites is 1. The zero-order valence-electron chi connectivity index (χ0n) is 18.8. The Balaban J connectivity index is 1.35. The number of carboxylic acids is 1. The van der Waals surface area contributed by atoms with Crippen LogP contribution in [0.25, 0.3) is 0 Å². The summed E-state index contributed by atoms with van der Waals surface area (Å²) >= 11 is 0. The summed E-state index contributed by atoms with van der Waals surface area (Å²) in [5, 5.41) is 9.27. The number of ether oxygens (including phenoxy) is 4. The van der Waals surface area contributed by atoms with Crippen LogP contribution in [0.3, 0.4) is 0 Å². The summed E-state index contributed by atoms with van der Waals surface area (Å²) in [4.78, 5) is 11.3. The maximum atomic E-state index is 11.3. The van der Waals surface area contributed by atoms with Gasteiger partial charge in [0, 0.05) is 19.4 Å². The molecule has 0 unspecified atom stereocenters. The molecule has 0 fully saturated rings. The minimum absolute atomic E-state index is 0.332. The molecule has 0 aromatic heterocycles. The van der Waals surface area contributed by atoms with Gasteiger partial charge in [-0.25, -0.2) is 4.79 Å². The fourth-order valence-corrected chi connectivity index (χ4v) is 3.08. The van der Waals surface area contributed by atoms with Gasteiger partial charge in [0.05, 0.1) is 13.2 Å². The van der Waals surface area contributed by atoms with Crippen LogP contribution in [0.4, 0.5) is 0 Å². The highest BCUT2D eigenvalue weighted by atomic mass is 16.5. The van der Waals surface area contributed by atoms with Crippen molar-refractivity contribution in [2.75, 3.05) is 19.8 Å². The summed E-state index contributed by atoms with van der Waals surface area (Å²) in [7, 11) is 0. The normalized spacial score (nSPS) is 11.5. The van der Waals surface area contributed by atoms with E-state index in [1.165, 1.54) is 0 Å². The molecule has 0 aliphatic heterocycles. The maximum absolute atomic E-state index is 11.3. The molecule has 0 heterocycles. The largest absolute Gasteiger partial charge is 0.493 e. The molecule has 6 nitrogen and oxygen atoms in total. The molecule has 0 saturated heterocycles. The zero-order chi connectivity index (χ0) is 23.3. The lowest BCUT2D eigenvalue weighted by Gasteiger charge is -2.13. The third kappa shape index (κ3) is 8.50. The smallest absolute Gasteiger partial charge is 0.333 e. The van der Waals surface area contributed by atoms with Crippen LogP contribution in [0.5, 0.6) is 23.0 Å². The zero-order valence-corrected chi connectivity index (χ0v) is 18.8. The van der Waals surface area contributed by atoms with Gasteiger partial charge in [0.2, 0.25) is 0 Å².